The fourth-order valence-corrected chi connectivity index (χ4v) is 3.65. The maximum Gasteiger partial charge on any atom is 0.264 e. The third-order valence-corrected chi connectivity index (χ3v) is 5.32. The molecule has 0 aromatic heterocycles. The van der Waals surface area contributed by atoms with E-state index >= 15 is 0 Å². The van der Waals surface area contributed by atoms with E-state index < -0.39 is 5.91 Å². The van der Waals surface area contributed by atoms with Crippen molar-refractivity contribution >= 4 is 5.91 Å². The number of carbonyl (C=O) groups is 1. The van der Waals surface area contributed by atoms with Crippen molar-refractivity contribution in [2.75, 3.05) is 19.8 Å². The Kier molecular flexibility index (Phi) is 9.76. The molecule has 3 rings (SSSR count). The van der Waals surface area contributed by atoms with Crippen LogP contribution < -0.4 is 20.1 Å². The molecule has 2 N–H and O–H groups in total. The summed E-state index contributed by atoms with van der Waals surface area (Å²) in [5, 5.41) is 15.7. The standard InChI is InChI=1S/C29H31N3O3/c1-3-34-26-16-15-22(19-27(26)35-4-2)17-18-31-21-25(20-30)29(33)32-28(23-11-7-5-8-12-23)24-13-9-6-10-14-24/h5-16,19,21,28,31H,3-4,17-18H2,1-2H3,(H,32,33)/b25-21-. The van der Waals surface area contributed by atoms with Gasteiger partial charge in [-0.05, 0) is 49.1 Å². The molecule has 0 fully saturated rings. The Bertz CT molecular complexity index is 1120. The Labute approximate surface area is 207 Å². The monoisotopic (exact) mass is 469 g/mol. The maximum absolute atomic E-state index is 12.9. The van der Waals surface area contributed by atoms with Gasteiger partial charge in [0.25, 0.3) is 5.91 Å². The van der Waals surface area contributed by atoms with Crippen LogP contribution in [-0.4, -0.2) is 25.7 Å². The topological polar surface area (TPSA) is 83.4 Å². The van der Waals surface area contributed by atoms with Gasteiger partial charge in [-0.1, -0.05) is 66.7 Å². The van der Waals surface area contributed by atoms with Gasteiger partial charge in [-0.15, -0.1) is 0 Å². The summed E-state index contributed by atoms with van der Waals surface area (Å²) in [5.41, 5.74) is 2.97. The molecule has 0 aliphatic rings. The zero-order valence-corrected chi connectivity index (χ0v) is 20.2. The highest BCUT2D eigenvalue weighted by molar-refractivity contribution is 5.97. The fraction of sp³-hybridized carbons (Fsp3) is 0.241. The van der Waals surface area contributed by atoms with Crippen LogP contribution in [0.15, 0.2) is 90.6 Å². The van der Waals surface area contributed by atoms with Crippen molar-refractivity contribution in [2.45, 2.75) is 26.3 Å². The molecule has 3 aromatic carbocycles. The lowest BCUT2D eigenvalue weighted by atomic mass is 9.98. The molecule has 6 nitrogen and oxygen atoms in total. The lowest BCUT2D eigenvalue weighted by Crippen LogP contribution is -2.31. The first kappa shape index (κ1) is 25.4. The number of ether oxygens (including phenoxy) is 2. The number of rotatable bonds is 12. The van der Waals surface area contributed by atoms with Gasteiger partial charge >= 0.3 is 0 Å². The predicted molar refractivity (Wildman–Crippen MR) is 137 cm³/mol. The first-order valence-corrected chi connectivity index (χ1v) is 11.8. The average Bonchev–Trinajstić information content (AvgIpc) is 2.90. The molecule has 0 spiro atoms. The van der Waals surface area contributed by atoms with Crippen LogP contribution in [0, 0.1) is 11.3 Å². The number of nitrogens with one attached hydrogen (secondary N) is 2. The van der Waals surface area contributed by atoms with Crippen LogP contribution in [0.5, 0.6) is 11.5 Å². The Balaban J connectivity index is 1.64. The lowest BCUT2D eigenvalue weighted by molar-refractivity contribution is -0.117. The van der Waals surface area contributed by atoms with Crippen LogP contribution in [0.2, 0.25) is 0 Å². The third-order valence-electron chi connectivity index (χ3n) is 5.32. The van der Waals surface area contributed by atoms with Crippen LogP contribution in [0.4, 0.5) is 0 Å². The van der Waals surface area contributed by atoms with E-state index in [1.54, 1.807) is 0 Å². The molecule has 0 saturated carbocycles. The van der Waals surface area contributed by atoms with E-state index in [9.17, 15) is 10.1 Å². The maximum atomic E-state index is 12.9. The van der Waals surface area contributed by atoms with Crippen LogP contribution >= 0.6 is 0 Å². The van der Waals surface area contributed by atoms with Crippen molar-refractivity contribution in [2.24, 2.45) is 0 Å². The molecule has 6 heteroatoms. The largest absolute Gasteiger partial charge is 0.490 e. The fourth-order valence-electron chi connectivity index (χ4n) is 3.65. The second kappa shape index (κ2) is 13.5. The van der Waals surface area contributed by atoms with Gasteiger partial charge in [0.2, 0.25) is 0 Å². The highest BCUT2D eigenvalue weighted by atomic mass is 16.5. The molecule has 0 heterocycles. The van der Waals surface area contributed by atoms with Crippen LogP contribution in [0.3, 0.4) is 0 Å². The Morgan fingerprint density at radius 3 is 2.09 bits per heavy atom. The summed E-state index contributed by atoms with van der Waals surface area (Å²) in [4.78, 5) is 12.9. The van der Waals surface area contributed by atoms with Crippen molar-refractivity contribution in [1.82, 2.24) is 10.6 Å². The number of amides is 1. The van der Waals surface area contributed by atoms with Crippen LogP contribution in [0.25, 0.3) is 0 Å². The van der Waals surface area contributed by atoms with Gasteiger partial charge in [0.15, 0.2) is 11.5 Å². The molecular formula is C29H31N3O3. The summed E-state index contributed by atoms with van der Waals surface area (Å²) in [6.07, 6.45) is 2.17. The molecule has 0 bridgehead atoms. The zero-order chi connectivity index (χ0) is 24.9. The Hall–Kier alpha value is -4.24. The Morgan fingerprint density at radius 1 is 0.914 bits per heavy atom. The number of hydrogen-bond donors (Lipinski definition) is 2. The molecular weight excluding hydrogens is 438 g/mol. The summed E-state index contributed by atoms with van der Waals surface area (Å²) < 4.78 is 11.3. The molecule has 35 heavy (non-hydrogen) atoms. The van der Waals surface area contributed by atoms with Crippen molar-refractivity contribution < 1.29 is 14.3 Å². The van der Waals surface area contributed by atoms with Gasteiger partial charge in [-0.2, -0.15) is 5.26 Å². The summed E-state index contributed by atoms with van der Waals surface area (Å²) in [7, 11) is 0. The highest BCUT2D eigenvalue weighted by Gasteiger charge is 2.19. The normalized spacial score (nSPS) is 11.0. The van der Waals surface area contributed by atoms with Gasteiger partial charge in [0, 0.05) is 12.7 Å². The minimum absolute atomic E-state index is 0.0172. The van der Waals surface area contributed by atoms with Crippen LogP contribution in [-0.2, 0) is 11.2 Å². The van der Waals surface area contributed by atoms with Gasteiger partial charge in [0.1, 0.15) is 11.6 Å². The second-order valence-corrected chi connectivity index (χ2v) is 7.75. The number of nitriles is 1. The van der Waals surface area contributed by atoms with E-state index in [-0.39, 0.29) is 11.6 Å². The molecule has 1 amide bonds. The lowest BCUT2D eigenvalue weighted by Gasteiger charge is -2.19. The number of nitrogens with zero attached hydrogens (tertiary/aromatic N) is 1. The smallest absolute Gasteiger partial charge is 0.264 e. The van der Waals surface area contributed by atoms with Gasteiger partial charge in [-0.3, -0.25) is 4.79 Å². The predicted octanol–water partition coefficient (Wildman–Crippen LogP) is 4.93. The molecule has 3 aromatic rings. The molecule has 0 aliphatic carbocycles. The molecule has 0 saturated heterocycles. The average molecular weight is 470 g/mol. The third kappa shape index (κ3) is 7.38. The molecule has 180 valence electrons. The van der Waals surface area contributed by atoms with Crippen molar-refractivity contribution in [3.63, 3.8) is 0 Å². The molecule has 0 unspecified atom stereocenters. The van der Waals surface area contributed by atoms with Crippen molar-refractivity contribution in [3.8, 4) is 17.6 Å². The summed E-state index contributed by atoms with van der Waals surface area (Å²) in [5.74, 6) is 1.01. The number of carbonyl (C=O) groups excluding carboxylic acids is 1. The first-order chi connectivity index (χ1) is 17.2. The van der Waals surface area contributed by atoms with E-state index in [1.807, 2.05) is 98.8 Å². The molecule has 0 radical (unpaired) electrons. The quantitative estimate of drug-likeness (QED) is 0.223. The van der Waals surface area contributed by atoms with Crippen molar-refractivity contribution in [1.29, 1.82) is 5.26 Å². The minimum atomic E-state index is -0.433. The minimum Gasteiger partial charge on any atom is -0.490 e. The zero-order valence-electron chi connectivity index (χ0n) is 20.2. The second-order valence-electron chi connectivity index (χ2n) is 7.75. The number of benzene rings is 3. The summed E-state index contributed by atoms with van der Waals surface area (Å²) in [6.45, 7) is 5.55. The molecule has 0 aliphatic heterocycles. The van der Waals surface area contributed by atoms with Crippen molar-refractivity contribution in [3.05, 3.63) is 107 Å². The van der Waals surface area contributed by atoms with Gasteiger partial charge < -0.3 is 20.1 Å². The summed E-state index contributed by atoms with van der Waals surface area (Å²) in [6, 6.07) is 26.9. The SMILES string of the molecule is CCOc1ccc(CCN/C=C(/C#N)C(=O)NC(c2ccccc2)c2ccccc2)cc1OCC. The van der Waals surface area contributed by atoms with E-state index in [2.05, 4.69) is 10.6 Å². The Morgan fingerprint density at radius 2 is 1.51 bits per heavy atom. The van der Waals surface area contributed by atoms with E-state index in [1.165, 1.54) is 6.20 Å². The van der Waals surface area contributed by atoms with Gasteiger partial charge in [0.05, 0.1) is 19.3 Å². The van der Waals surface area contributed by atoms with E-state index in [0.29, 0.717) is 31.9 Å². The number of hydrogen-bond acceptors (Lipinski definition) is 5. The highest BCUT2D eigenvalue weighted by Crippen LogP contribution is 2.28. The van der Waals surface area contributed by atoms with Crippen LogP contribution in [0.1, 0.15) is 36.6 Å². The van der Waals surface area contributed by atoms with Gasteiger partial charge in [-0.25, -0.2) is 0 Å². The molecule has 0 atom stereocenters. The van der Waals surface area contributed by atoms with E-state index in [4.69, 9.17) is 9.47 Å². The first-order valence-electron chi connectivity index (χ1n) is 11.8. The summed E-state index contributed by atoms with van der Waals surface area (Å²) >= 11 is 0. The van der Waals surface area contributed by atoms with E-state index in [0.717, 1.165) is 22.4 Å².